The highest BCUT2D eigenvalue weighted by Crippen LogP contribution is 2.35. The van der Waals surface area contributed by atoms with Gasteiger partial charge >= 0.3 is 0 Å². The van der Waals surface area contributed by atoms with E-state index in [2.05, 4.69) is 5.32 Å². The molecule has 0 aromatic heterocycles. The summed E-state index contributed by atoms with van der Waals surface area (Å²) in [5, 5.41) is 3.13. The van der Waals surface area contributed by atoms with E-state index in [-0.39, 0.29) is 12.0 Å². The van der Waals surface area contributed by atoms with Gasteiger partial charge in [0.05, 0.1) is 0 Å². The fraction of sp³-hybridized carbons (Fsp3) is 0.538. The van der Waals surface area contributed by atoms with Crippen LogP contribution < -0.4 is 5.32 Å². The molecule has 1 nitrogen and oxygen atoms in total. The first kappa shape index (κ1) is 12.4. The molecule has 2 rings (SSSR count). The molecule has 2 unspecified atom stereocenters. The van der Waals surface area contributed by atoms with E-state index in [4.69, 9.17) is 0 Å². The smallest absolute Gasteiger partial charge is 0.194 e. The highest BCUT2D eigenvalue weighted by Gasteiger charge is 2.29. The summed E-state index contributed by atoms with van der Waals surface area (Å²) in [5.74, 6) is -3.58. The van der Waals surface area contributed by atoms with Crippen molar-refractivity contribution in [2.45, 2.75) is 37.6 Å². The number of rotatable bonds is 2. The van der Waals surface area contributed by atoms with Gasteiger partial charge in [-0.3, -0.25) is 0 Å². The largest absolute Gasteiger partial charge is 0.316 e. The topological polar surface area (TPSA) is 12.0 Å². The van der Waals surface area contributed by atoms with Gasteiger partial charge in [0.1, 0.15) is 0 Å². The first-order valence-electron chi connectivity index (χ1n) is 5.95. The van der Waals surface area contributed by atoms with Crippen LogP contribution in [0, 0.1) is 17.5 Å². The van der Waals surface area contributed by atoms with Crippen molar-refractivity contribution >= 4 is 0 Å². The maximum Gasteiger partial charge on any atom is 0.194 e. The number of halogens is 3. The highest BCUT2D eigenvalue weighted by molar-refractivity contribution is 5.26. The predicted octanol–water partition coefficient (Wildman–Crippen LogP) is 3.35. The normalized spacial score (nSPS) is 24.9. The molecule has 0 spiro atoms. The molecule has 1 aromatic rings. The van der Waals surface area contributed by atoms with Gasteiger partial charge in [0, 0.05) is 12.0 Å². The molecule has 1 N–H and O–H groups in total. The predicted molar refractivity (Wildman–Crippen MR) is 60.4 cm³/mol. The van der Waals surface area contributed by atoms with Crippen molar-refractivity contribution in [2.75, 3.05) is 7.05 Å². The van der Waals surface area contributed by atoms with Gasteiger partial charge in [-0.15, -0.1) is 0 Å². The van der Waals surface area contributed by atoms with Gasteiger partial charge in [0.2, 0.25) is 0 Å². The summed E-state index contributed by atoms with van der Waals surface area (Å²) in [6, 6.07) is 2.52. The van der Waals surface area contributed by atoms with Crippen molar-refractivity contribution in [3.8, 4) is 0 Å². The Balaban J connectivity index is 2.35. The highest BCUT2D eigenvalue weighted by atomic mass is 19.2. The lowest BCUT2D eigenvalue weighted by Gasteiger charge is -2.31. The molecular weight excluding hydrogens is 227 g/mol. The van der Waals surface area contributed by atoms with Crippen molar-refractivity contribution in [1.29, 1.82) is 0 Å². The van der Waals surface area contributed by atoms with Gasteiger partial charge in [-0.05, 0) is 31.5 Å². The van der Waals surface area contributed by atoms with Gasteiger partial charge in [0.15, 0.2) is 17.5 Å². The SMILES string of the molecule is CNC1CCCCC1c1ccc(F)c(F)c1F. The van der Waals surface area contributed by atoms with Crippen molar-refractivity contribution in [3.63, 3.8) is 0 Å². The Morgan fingerprint density at radius 3 is 2.47 bits per heavy atom. The quantitative estimate of drug-likeness (QED) is 0.785. The maximum absolute atomic E-state index is 13.7. The zero-order valence-electron chi connectivity index (χ0n) is 9.77. The summed E-state index contributed by atoms with van der Waals surface area (Å²) in [4.78, 5) is 0. The van der Waals surface area contributed by atoms with Crippen LogP contribution >= 0.6 is 0 Å². The Bertz CT molecular complexity index is 406. The lowest BCUT2D eigenvalue weighted by molar-refractivity contribution is 0.331. The van der Waals surface area contributed by atoms with Crippen molar-refractivity contribution < 1.29 is 13.2 Å². The molecule has 94 valence electrons. The minimum absolute atomic E-state index is 0.0659. The Morgan fingerprint density at radius 2 is 1.76 bits per heavy atom. The van der Waals surface area contributed by atoms with Gasteiger partial charge in [0.25, 0.3) is 0 Å². The van der Waals surface area contributed by atoms with Gasteiger partial charge in [-0.2, -0.15) is 0 Å². The molecule has 0 amide bonds. The minimum atomic E-state index is -1.36. The summed E-state index contributed by atoms with van der Waals surface area (Å²) in [7, 11) is 1.82. The summed E-state index contributed by atoms with van der Waals surface area (Å²) in [5.41, 5.74) is 0.294. The number of hydrogen-bond acceptors (Lipinski definition) is 1. The first-order valence-corrected chi connectivity index (χ1v) is 5.95. The number of hydrogen-bond donors (Lipinski definition) is 1. The zero-order valence-corrected chi connectivity index (χ0v) is 9.77. The molecule has 0 aliphatic heterocycles. The van der Waals surface area contributed by atoms with E-state index in [1.54, 1.807) is 0 Å². The molecule has 1 fully saturated rings. The van der Waals surface area contributed by atoms with Crippen LogP contribution in [0.25, 0.3) is 0 Å². The molecule has 0 bridgehead atoms. The number of likely N-dealkylation sites (N-methyl/N-ethyl adjacent to an activating group) is 1. The standard InChI is InChI=1S/C13H16F3N/c1-17-11-5-3-2-4-8(11)9-6-7-10(14)13(16)12(9)15/h6-8,11,17H,2-5H2,1H3. The third kappa shape index (κ3) is 2.32. The lowest BCUT2D eigenvalue weighted by Crippen LogP contribution is -2.35. The van der Waals surface area contributed by atoms with E-state index in [0.717, 1.165) is 31.7 Å². The van der Waals surface area contributed by atoms with Crippen LogP contribution in [0.5, 0.6) is 0 Å². The molecule has 1 aliphatic carbocycles. The Hall–Kier alpha value is -1.03. The summed E-state index contributed by atoms with van der Waals surface area (Å²) >= 11 is 0. The molecule has 0 saturated heterocycles. The first-order chi connectivity index (χ1) is 8.15. The maximum atomic E-state index is 13.7. The Kier molecular flexibility index (Phi) is 3.72. The molecule has 4 heteroatoms. The average Bonchev–Trinajstić information content (AvgIpc) is 2.36. The van der Waals surface area contributed by atoms with Crippen LogP contribution in [0.15, 0.2) is 12.1 Å². The van der Waals surface area contributed by atoms with E-state index in [1.807, 2.05) is 7.05 Å². The number of benzene rings is 1. The number of nitrogens with one attached hydrogen (secondary N) is 1. The van der Waals surface area contributed by atoms with Crippen molar-refractivity contribution in [3.05, 3.63) is 35.1 Å². The van der Waals surface area contributed by atoms with Crippen LogP contribution in [0.4, 0.5) is 13.2 Å². The second-order valence-electron chi connectivity index (χ2n) is 4.55. The lowest BCUT2D eigenvalue weighted by atomic mass is 9.80. The van der Waals surface area contributed by atoms with E-state index in [9.17, 15) is 13.2 Å². The Morgan fingerprint density at radius 1 is 1.06 bits per heavy atom. The van der Waals surface area contributed by atoms with E-state index < -0.39 is 17.5 Å². The second kappa shape index (κ2) is 5.08. The molecular formula is C13H16F3N. The average molecular weight is 243 g/mol. The fourth-order valence-corrected chi connectivity index (χ4v) is 2.68. The molecule has 1 aromatic carbocycles. The summed E-state index contributed by atoms with van der Waals surface area (Å²) in [6.07, 6.45) is 3.85. The molecule has 1 saturated carbocycles. The molecule has 17 heavy (non-hydrogen) atoms. The van der Waals surface area contributed by atoms with E-state index in [0.29, 0.717) is 5.56 Å². The van der Waals surface area contributed by atoms with Crippen LogP contribution in [0.3, 0.4) is 0 Å². The van der Waals surface area contributed by atoms with Crippen LogP contribution in [-0.2, 0) is 0 Å². The van der Waals surface area contributed by atoms with Crippen LogP contribution in [0.2, 0.25) is 0 Å². The molecule has 1 aliphatic rings. The van der Waals surface area contributed by atoms with Crippen LogP contribution in [-0.4, -0.2) is 13.1 Å². The third-order valence-electron chi connectivity index (χ3n) is 3.60. The zero-order chi connectivity index (χ0) is 12.4. The van der Waals surface area contributed by atoms with Gasteiger partial charge in [-0.25, -0.2) is 13.2 Å². The van der Waals surface area contributed by atoms with Crippen LogP contribution in [0.1, 0.15) is 37.2 Å². The fourth-order valence-electron chi connectivity index (χ4n) is 2.68. The van der Waals surface area contributed by atoms with Gasteiger partial charge < -0.3 is 5.32 Å². The molecule has 0 heterocycles. The van der Waals surface area contributed by atoms with E-state index in [1.165, 1.54) is 6.07 Å². The third-order valence-corrected chi connectivity index (χ3v) is 3.60. The molecule has 2 atom stereocenters. The summed E-state index contributed by atoms with van der Waals surface area (Å²) in [6.45, 7) is 0. The minimum Gasteiger partial charge on any atom is -0.316 e. The van der Waals surface area contributed by atoms with Crippen molar-refractivity contribution in [2.24, 2.45) is 0 Å². The summed E-state index contributed by atoms with van der Waals surface area (Å²) < 4.78 is 39.8. The van der Waals surface area contributed by atoms with Gasteiger partial charge in [-0.1, -0.05) is 18.9 Å². The Labute approximate surface area is 99.0 Å². The monoisotopic (exact) mass is 243 g/mol. The van der Waals surface area contributed by atoms with E-state index >= 15 is 0 Å². The second-order valence-corrected chi connectivity index (χ2v) is 4.55. The molecule has 0 radical (unpaired) electrons. The van der Waals surface area contributed by atoms with Crippen molar-refractivity contribution in [1.82, 2.24) is 5.32 Å².